The monoisotopic (exact) mass is 446 g/mol. The first kappa shape index (κ1) is 18.2. The normalized spacial score (nSPS) is 18.4. The highest BCUT2D eigenvalue weighted by molar-refractivity contribution is 9.10. The smallest absolute Gasteiger partial charge is 0.268 e. The van der Waals surface area contributed by atoms with Crippen LogP contribution in [0.25, 0.3) is 10.9 Å². The van der Waals surface area contributed by atoms with Crippen LogP contribution in [0.1, 0.15) is 22.4 Å². The minimum Gasteiger partial charge on any atom is -0.372 e. The van der Waals surface area contributed by atoms with Crippen LogP contribution >= 0.6 is 15.9 Å². The third-order valence-corrected chi connectivity index (χ3v) is 6.13. The Morgan fingerprint density at radius 3 is 2.55 bits per heavy atom. The lowest BCUT2D eigenvalue weighted by Gasteiger charge is -2.24. The number of aromatic nitrogens is 1. The van der Waals surface area contributed by atoms with Crippen LogP contribution in [-0.2, 0) is 16.9 Å². The van der Waals surface area contributed by atoms with Gasteiger partial charge in [0.25, 0.3) is 5.91 Å². The summed E-state index contributed by atoms with van der Waals surface area (Å²) in [6, 6.07) is 23.2. The minimum atomic E-state index is -1.75. The predicted octanol–water partition coefficient (Wildman–Crippen LogP) is 5.02. The second kappa shape index (κ2) is 6.58. The number of carbonyl (C=O) groups is 1. The van der Waals surface area contributed by atoms with Crippen molar-refractivity contribution in [2.45, 2.75) is 19.1 Å². The molecule has 0 fully saturated rings. The van der Waals surface area contributed by atoms with E-state index in [9.17, 15) is 9.90 Å². The molecule has 5 rings (SSSR count). The van der Waals surface area contributed by atoms with Crippen molar-refractivity contribution < 1.29 is 9.90 Å². The Bertz CT molecular complexity index is 1250. The number of amides is 1. The molecule has 0 saturated carbocycles. The molecular formula is C24H19BrN2O2. The molecule has 2 heterocycles. The highest BCUT2D eigenvalue weighted by Crippen LogP contribution is 2.48. The summed E-state index contributed by atoms with van der Waals surface area (Å²) in [4.78, 5) is 18.7. The van der Waals surface area contributed by atoms with Crippen molar-refractivity contribution in [1.82, 2.24) is 4.98 Å². The van der Waals surface area contributed by atoms with Gasteiger partial charge in [-0.05, 0) is 36.8 Å². The van der Waals surface area contributed by atoms with Gasteiger partial charge < -0.3 is 15.0 Å². The fourth-order valence-electron chi connectivity index (χ4n) is 4.36. The number of para-hydroxylation sites is 1. The average Bonchev–Trinajstić information content (AvgIpc) is 3.16. The zero-order valence-electron chi connectivity index (χ0n) is 15.8. The molecule has 3 aromatic carbocycles. The van der Waals surface area contributed by atoms with Crippen molar-refractivity contribution in [1.29, 1.82) is 0 Å². The second-order valence-electron chi connectivity index (χ2n) is 7.42. The molecule has 1 aromatic heterocycles. The quantitative estimate of drug-likeness (QED) is 0.463. The molecule has 0 saturated heterocycles. The zero-order chi connectivity index (χ0) is 20.2. The molecule has 1 atom stereocenters. The Balaban J connectivity index is 1.74. The van der Waals surface area contributed by atoms with Crippen LogP contribution in [0.5, 0.6) is 0 Å². The van der Waals surface area contributed by atoms with Gasteiger partial charge >= 0.3 is 0 Å². The van der Waals surface area contributed by atoms with E-state index in [-0.39, 0.29) is 5.91 Å². The molecule has 0 aliphatic carbocycles. The third kappa shape index (κ3) is 2.65. The van der Waals surface area contributed by atoms with Gasteiger partial charge in [0.1, 0.15) is 0 Å². The summed E-state index contributed by atoms with van der Waals surface area (Å²) in [6.45, 7) is 2.30. The van der Waals surface area contributed by atoms with Gasteiger partial charge in [-0.1, -0.05) is 64.5 Å². The summed E-state index contributed by atoms with van der Waals surface area (Å²) in [7, 11) is 0. The van der Waals surface area contributed by atoms with E-state index in [1.807, 2.05) is 79.7 Å². The van der Waals surface area contributed by atoms with Crippen molar-refractivity contribution in [2.24, 2.45) is 0 Å². The van der Waals surface area contributed by atoms with Crippen LogP contribution in [0, 0.1) is 6.92 Å². The van der Waals surface area contributed by atoms with Crippen molar-refractivity contribution in [3.8, 4) is 0 Å². The van der Waals surface area contributed by atoms with Crippen LogP contribution in [0.15, 0.2) is 77.3 Å². The van der Waals surface area contributed by atoms with Gasteiger partial charge in [-0.15, -0.1) is 0 Å². The number of H-pyrrole nitrogens is 1. The van der Waals surface area contributed by atoms with Gasteiger partial charge in [0, 0.05) is 32.2 Å². The molecule has 0 spiro atoms. The molecule has 1 aliphatic rings. The summed E-state index contributed by atoms with van der Waals surface area (Å²) in [5, 5.41) is 12.8. The Morgan fingerprint density at radius 2 is 1.76 bits per heavy atom. The van der Waals surface area contributed by atoms with Crippen LogP contribution in [0.3, 0.4) is 0 Å². The predicted molar refractivity (Wildman–Crippen MR) is 118 cm³/mol. The summed E-state index contributed by atoms with van der Waals surface area (Å²) < 4.78 is 0.821. The van der Waals surface area contributed by atoms with Crippen LogP contribution in [0.2, 0.25) is 0 Å². The largest absolute Gasteiger partial charge is 0.372 e. The number of hydrogen-bond acceptors (Lipinski definition) is 2. The van der Waals surface area contributed by atoms with E-state index in [1.165, 1.54) is 0 Å². The van der Waals surface area contributed by atoms with Gasteiger partial charge in [-0.2, -0.15) is 0 Å². The molecule has 2 N–H and O–H groups in total. The lowest BCUT2D eigenvalue weighted by molar-refractivity contribution is -0.132. The molecule has 0 radical (unpaired) electrons. The van der Waals surface area contributed by atoms with E-state index in [2.05, 4.69) is 20.9 Å². The first-order valence-corrected chi connectivity index (χ1v) is 10.3. The van der Waals surface area contributed by atoms with Crippen molar-refractivity contribution in [3.05, 3.63) is 99.7 Å². The molecule has 1 aliphatic heterocycles. The Hall–Kier alpha value is -2.89. The van der Waals surface area contributed by atoms with E-state index in [4.69, 9.17) is 0 Å². The standard InChI is InChI=1S/C24H19BrN2O2/c1-15-22(18-9-5-6-10-20(18)26-15)24(29)19-13-17(25)11-12-21(19)27(23(24)28)14-16-7-3-2-4-8-16/h2-13,26,29H,14H2,1H3/t24-/m1/s1. The molecule has 144 valence electrons. The summed E-state index contributed by atoms with van der Waals surface area (Å²) in [6.07, 6.45) is 0. The average molecular weight is 447 g/mol. The molecular weight excluding hydrogens is 428 g/mol. The molecule has 1 amide bonds. The minimum absolute atomic E-state index is 0.331. The Labute approximate surface area is 176 Å². The van der Waals surface area contributed by atoms with Gasteiger partial charge in [0.2, 0.25) is 0 Å². The number of anilines is 1. The molecule has 4 nitrogen and oxygen atoms in total. The molecule has 0 unspecified atom stereocenters. The fraction of sp³-hybridized carbons (Fsp3) is 0.125. The van der Waals surface area contributed by atoms with Gasteiger partial charge in [0.15, 0.2) is 5.60 Å². The van der Waals surface area contributed by atoms with Crippen molar-refractivity contribution in [2.75, 3.05) is 4.90 Å². The highest BCUT2D eigenvalue weighted by Gasteiger charge is 2.53. The first-order chi connectivity index (χ1) is 14.0. The van der Waals surface area contributed by atoms with E-state index < -0.39 is 5.60 Å². The Kier molecular flexibility index (Phi) is 4.12. The first-order valence-electron chi connectivity index (χ1n) is 9.46. The maximum atomic E-state index is 13.7. The fourth-order valence-corrected chi connectivity index (χ4v) is 4.72. The summed E-state index contributed by atoms with van der Waals surface area (Å²) >= 11 is 3.51. The molecule has 4 aromatic rings. The van der Waals surface area contributed by atoms with Gasteiger partial charge in [0.05, 0.1) is 12.2 Å². The number of carbonyl (C=O) groups excluding carboxylic acids is 1. The SMILES string of the molecule is Cc1[nH]c2ccccc2c1[C@@]1(O)C(=O)N(Cc2ccccc2)c2ccc(Br)cc21. The number of benzene rings is 3. The molecule has 5 heteroatoms. The number of aliphatic hydroxyl groups is 1. The summed E-state index contributed by atoms with van der Waals surface area (Å²) in [5.41, 5.74) is 2.89. The van der Waals surface area contributed by atoms with Gasteiger partial charge in [-0.25, -0.2) is 0 Å². The van der Waals surface area contributed by atoms with Crippen molar-refractivity contribution >= 4 is 38.4 Å². The number of aromatic amines is 1. The van der Waals surface area contributed by atoms with E-state index in [0.717, 1.165) is 32.3 Å². The topological polar surface area (TPSA) is 56.3 Å². The van der Waals surface area contributed by atoms with E-state index >= 15 is 0 Å². The lowest BCUT2D eigenvalue weighted by atomic mass is 9.85. The second-order valence-corrected chi connectivity index (χ2v) is 8.34. The Morgan fingerprint density at radius 1 is 1.03 bits per heavy atom. The molecule has 0 bridgehead atoms. The van der Waals surface area contributed by atoms with Crippen LogP contribution in [-0.4, -0.2) is 16.0 Å². The number of halogens is 1. The number of nitrogens with zero attached hydrogens (tertiary/aromatic N) is 1. The van der Waals surface area contributed by atoms with Crippen LogP contribution < -0.4 is 4.90 Å². The number of nitrogens with one attached hydrogen (secondary N) is 1. The van der Waals surface area contributed by atoms with Crippen LogP contribution in [0.4, 0.5) is 5.69 Å². The number of hydrogen-bond donors (Lipinski definition) is 2. The third-order valence-electron chi connectivity index (χ3n) is 5.63. The maximum Gasteiger partial charge on any atom is 0.268 e. The number of rotatable bonds is 3. The molecule has 29 heavy (non-hydrogen) atoms. The number of fused-ring (bicyclic) bond motifs is 2. The zero-order valence-corrected chi connectivity index (χ0v) is 17.4. The number of aryl methyl sites for hydroxylation is 1. The van der Waals surface area contributed by atoms with Gasteiger partial charge in [-0.3, -0.25) is 4.79 Å². The highest BCUT2D eigenvalue weighted by atomic mass is 79.9. The summed E-state index contributed by atoms with van der Waals surface area (Å²) in [5.74, 6) is -0.331. The van der Waals surface area contributed by atoms with E-state index in [0.29, 0.717) is 17.7 Å². The van der Waals surface area contributed by atoms with E-state index in [1.54, 1.807) is 4.90 Å². The maximum absolute atomic E-state index is 13.7. The lowest BCUT2D eigenvalue weighted by Crippen LogP contribution is -2.41. The van der Waals surface area contributed by atoms with Crippen molar-refractivity contribution in [3.63, 3.8) is 0 Å².